The lowest BCUT2D eigenvalue weighted by Gasteiger charge is -2.28. The van der Waals surface area contributed by atoms with Crippen LogP contribution in [-0.4, -0.2) is 12.0 Å². The third-order valence-electron chi connectivity index (χ3n) is 3.82. The summed E-state index contributed by atoms with van der Waals surface area (Å²) in [5, 5.41) is 0. The lowest BCUT2D eigenvalue weighted by Crippen LogP contribution is -2.30. The summed E-state index contributed by atoms with van der Waals surface area (Å²) in [6, 6.07) is 1.70. The summed E-state index contributed by atoms with van der Waals surface area (Å²) in [7, 11) is 0. The number of hydrogen-bond acceptors (Lipinski definition) is 4. The highest BCUT2D eigenvalue weighted by molar-refractivity contribution is 5.94. The van der Waals surface area contributed by atoms with Crippen molar-refractivity contribution >= 4 is 5.91 Å². The van der Waals surface area contributed by atoms with Gasteiger partial charge in [0.25, 0.3) is 5.91 Å². The number of aryl methyl sites for hydroxylation is 1. The first-order valence-corrected chi connectivity index (χ1v) is 6.83. The Bertz CT molecular complexity index is 442. The molecule has 1 aromatic heterocycles. The normalized spacial score (nSPS) is 23.3. The second-order valence-electron chi connectivity index (χ2n) is 5.27. The number of nitrogens with one attached hydrogen (secondary N) is 1. The molecule has 2 rings (SSSR count). The van der Waals surface area contributed by atoms with Gasteiger partial charge in [-0.15, -0.1) is 0 Å². The Balaban J connectivity index is 1.94. The first-order chi connectivity index (χ1) is 9.11. The van der Waals surface area contributed by atoms with Gasteiger partial charge in [0.05, 0.1) is 11.7 Å². The molecule has 1 saturated carbocycles. The van der Waals surface area contributed by atoms with Crippen LogP contribution in [0, 0.1) is 12.8 Å². The lowest BCUT2D eigenvalue weighted by molar-refractivity contribution is -0.0221. The summed E-state index contributed by atoms with van der Waals surface area (Å²) in [4.78, 5) is 11.5. The van der Waals surface area contributed by atoms with Gasteiger partial charge in [-0.05, 0) is 31.7 Å². The maximum atomic E-state index is 11.5. The maximum absolute atomic E-state index is 11.5. The van der Waals surface area contributed by atoms with Crippen molar-refractivity contribution in [3.8, 4) is 0 Å². The first-order valence-electron chi connectivity index (χ1n) is 6.83. The van der Waals surface area contributed by atoms with E-state index in [-0.39, 0.29) is 5.91 Å². The van der Waals surface area contributed by atoms with Crippen LogP contribution in [-0.2, 0) is 11.3 Å². The van der Waals surface area contributed by atoms with Crippen LogP contribution >= 0.6 is 0 Å². The molecule has 1 aromatic rings. The minimum Gasteiger partial charge on any atom is -0.463 e. The van der Waals surface area contributed by atoms with E-state index in [9.17, 15) is 4.79 Å². The molecule has 2 unspecified atom stereocenters. The zero-order chi connectivity index (χ0) is 13.8. The third kappa shape index (κ3) is 3.36. The number of hydrazine groups is 1. The van der Waals surface area contributed by atoms with Crippen LogP contribution in [0.5, 0.6) is 0 Å². The van der Waals surface area contributed by atoms with Gasteiger partial charge in [-0.2, -0.15) is 0 Å². The van der Waals surface area contributed by atoms with Gasteiger partial charge in [0.1, 0.15) is 18.1 Å². The molecule has 1 heterocycles. The number of hydrogen-bond donors (Lipinski definition) is 2. The first kappa shape index (κ1) is 14.1. The van der Waals surface area contributed by atoms with Crippen molar-refractivity contribution in [3.63, 3.8) is 0 Å². The lowest BCUT2D eigenvalue weighted by atomic mass is 9.88. The topological polar surface area (TPSA) is 77.5 Å². The average Bonchev–Trinajstić information content (AvgIpc) is 2.78. The predicted molar refractivity (Wildman–Crippen MR) is 71.3 cm³/mol. The number of carbonyl (C=O) groups excluding carboxylic acids is 1. The van der Waals surface area contributed by atoms with Crippen molar-refractivity contribution in [2.24, 2.45) is 11.8 Å². The van der Waals surface area contributed by atoms with Gasteiger partial charge < -0.3 is 9.15 Å². The molecule has 19 heavy (non-hydrogen) atoms. The summed E-state index contributed by atoms with van der Waals surface area (Å²) in [5.41, 5.74) is 2.58. The van der Waals surface area contributed by atoms with Crippen LogP contribution in [0.3, 0.4) is 0 Å². The average molecular weight is 266 g/mol. The fourth-order valence-electron chi connectivity index (χ4n) is 2.64. The van der Waals surface area contributed by atoms with Crippen LogP contribution < -0.4 is 11.3 Å². The highest BCUT2D eigenvalue weighted by Gasteiger charge is 2.22. The van der Waals surface area contributed by atoms with Crippen molar-refractivity contribution in [1.29, 1.82) is 0 Å². The molecule has 0 saturated heterocycles. The highest BCUT2D eigenvalue weighted by Crippen LogP contribution is 2.27. The molecule has 0 spiro atoms. The van der Waals surface area contributed by atoms with Crippen LogP contribution in [0.25, 0.3) is 0 Å². The van der Waals surface area contributed by atoms with Gasteiger partial charge >= 0.3 is 0 Å². The molecule has 0 bridgehead atoms. The molecule has 1 aliphatic carbocycles. The van der Waals surface area contributed by atoms with E-state index in [1.54, 1.807) is 13.0 Å². The van der Waals surface area contributed by atoms with Gasteiger partial charge in [0.2, 0.25) is 0 Å². The third-order valence-corrected chi connectivity index (χ3v) is 3.82. The Labute approximate surface area is 113 Å². The number of ether oxygens (including phenoxy) is 1. The SMILES string of the molecule is Cc1oc(COC2CCCCC2C)cc1C(=O)NN. The predicted octanol–water partition coefficient (Wildman–Crippen LogP) is 2.29. The number of amides is 1. The molecule has 5 nitrogen and oxygen atoms in total. The number of carbonyl (C=O) groups is 1. The number of furan rings is 1. The zero-order valence-electron chi connectivity index (χ0n) is 11.6. The second kappa shape index (κ2) is 6.21. The number of nitrogen functional groups attached to an aromatic ring is 1. The molecular formula is C14H22N2O3. The van der Waals surface area contributed by atoms with E-state index in [1.807, 2.05) is 0 Å². The van der Waals surface area contributed by atoms with Crippen molar-refractivity contribution in [2.75, 3.05) is 0 Å². The van der Waals surface area contributed by atoms with E-state index in [4.69, 9.17) is 15.0 Å². The summed E-state index contributed by atoms with van der Waals surface area (Å²) in [5.74, 6) is 6.62. The molecule has 2 atom stereocenters. The quantitative estimate of drug-likeness (QED) is 0.498. The van der Waals surface area contributed by atoms with E-state index in [0.29, 0.717) is 35.7 Å². The smallest absolute Gasteiger partial charge is 0.268 e. The Morgan fingerprint density at radius 2 is 2.26 bits per heavy atom. The van der Waals surface area contributed by atoms with Crippen LogP contribution in [0.1, 0.15) is 54.5 Å². The number of rotatable bonds is 4. The summed E-state index contributed by atoms with van der Waals surface area (Å²) in [6.07, 6.45) is 5.15. The van der Waals surface area contributed by atoms with Crippen molar-refractivity contribution in [3.05, 3.63) is 23.2 Å². The summed E-state index contributed by atoms with van der Waals surface area (Å²) >= 11 is 0. The van der Waals surface area contributed by atoms with Gasteiger partial charge in [-0.25, -0.2) is 5.84 Å². The maximum Gasteiger partial charge on any atom is 0.268 e. The molecule has 3 N–H and O–H groups in total. The standard InChI is InChI=1S/C14H22N2O3/c1-9-5-3-4-6-13(9)18-8-11-7-12(10(2)19-11)14(17)16-15/h7,9,13H,3-6,8,15H2,1-2H3,(H,16,17). The fourth-order valence-corrected chi connectivity index (χ4v) is 2.64. The molecule has 5 heteroatoms. The largest absolute Gasteiger partial charge is 0.463 e. The summed E-state index contributed by atoms with van der Waals surface area (Å²) in [6.45, 7) is 4.38. The van der Waals surface area contributed by atoms with E-state index in [2.05, 4.69) is 12.3 Å². The summed E-state index contributed by atoms with van der Waals surface area (Å²) < 4.78 is 11.4. The molecular weight excluding hydrogens is 244 g/mol. The van der Waals surface area contributed by atoms with Crippen molar-refractivity contribution in [2.45, 2.75) is 52.2 Å². The fraction of sp³-hybridized carbons (Fsp3) is 0.643. The van der Waals surface area contributed by atoms with Gasteiger partial charge in [-0.3, -0.25) is 10.2 Å². The van der Waals surface area contributed by atoms with E-state index in [0.717, 1.165) is 6.42 Å². The van der Waals surface area contributed by atoms with Gasteiger partial charge in [0.15, 0.2) is 0 Å². The van der Waals surface area contributed by atoms with Gasteiger partial charge in [0, 0.05) is 0 Å². The molecule has 1 amide bonds. The Hall–Kier alpha value is -1.33. The second-order valence-corrected chi connectivity index (χ2v) is 5.27. The molecule has 0 aromatic carbocycles. The Morgan fingerprint density at radius 1 is 1.53 bits per heavy atom. The molecule has 1 aliphatic rings. The molecule has 0 aliphatic heterocycles. The van der Waals surface area contributed by atoms with Crippen LogP contribution in [0.4, 0.5) is 0 Å². The minimum atomic E-state index is -0.335. The van der Waals surface area contributed by atoms with Crippen molar-refractivity contribution in [1.82, 2.24) is 5.43 Å². The van der Waals surface area contributed by atoms with Crippen molar-refractivity contribution < 1.29 is 13.9 Å². The molecule has 1 fully saturated rings. The number of nitrogens with two attached hydrogens (primary N) is 1. The zero-order valence-corrected chi connectivity index (χ0v) is 11.6. The Morgan fingerprint density at radius 3 is 2.95 bits per heavy atom. The molecule has 106 valence electrons. The minimum absolute atomic E-state index is 0.297. The van der Waals surface area contributed by atoms with E-state index < -0.39 is 0 Å². The Kier molecular flexibility index (Phi) is 4.61. The molecule has 0 radical (unpaired) electrons. The highest BCUT2D eigenvalue weighted by atomic mass is 16.5. The van der Waals surface area contributed by atoms with Crippen LogP contribution in [0.15, 0.2) is 10.5 Å². The monoisotopic (exact) mass is 266 g/mol. The van der Waals surface area contributed by atoms with E-state index >= 15 is 0 Å². The van der Waals surface area contributed by atoms with Crippen LogP contribution in [0.2, 0.25) is 0 Å². The van der Waals surface area contributed by atoms with E-state index in [1.165, 1.54) is 19.3 Å². The van der Waals surface area contributed by atoms with Gasteiger partial charge in [-0.1, -0.05) is 19.8 Å².